The second-order valence-corrected chi connectivity index (χ2v) is 6.90. The van der Waals surface area contributed by atoms with E-state index in [4.69, 9.17) is 0 Å². The minimum absolute atomic E-state index is 0.0815. The van der Waals surface area contributed by atoms with Crippen molar-refractivity contribution >= 4 is 21.8 Å². The van der Waals surface area contributed by atoms with E-state index in [1.165, 1.54) is 25.0 Å². The van der Waals surface area contributed by atoms with Crippen molar-refractivity contribution in [2.45, 2.75) is 31.7 Å². The van der Waals surface area contributed by atoms with Gasteiger partial charge in [-0.25, -0.2) is 4.39 Å². The third-order valence-corrected chi connectivity index (χ3v) is 5.02. The summed E-state index contributed by atoms with van der Waals surface area (Å²) in [6.07, 6.45) is 4.67. The Morgan fingerprint density at radius 3 is 2.67 bits per heavy atom. The molecule has 114 valence electrons. The molecule has 3 rings (SSSR count). The van der Waals surface area contributed by atoms with E-state index in [1.807, 2.05) is 4.90 Å². The molecule has 1 saturated carbocycles. The third-order valence-electron chi connectivity index (χ3n) is 4.33. The highest BCUT2D eigenvalue weighted by Crippen LogP contribution is 2.28. The highest BCUT2D eigenvalue weighted by Gasteiger charge is 2.27. The van der Waals surface area contributed by atoms with Crippen molar-refractivity contribution in [2.24, 2.45) is 5.92 Å². The zero-order chi connectivity index (χ0) is 14.8. The van der Waals surface area contributed by atoms with E-state index in [-0.39, 0.29) is 11.7 Å². The van der Waals surface area contributed by atoms with E-state index < -0.39 is 0 Å². The fourth-order valence-electron chi connectivity index (χ4n) is 2.77. The van der Waals surface area contributed by atoms with Crippen LogP contribution in [-0.4, -0.2) is 36.5 Å². The number of rotatable bonds is 4. The molecule has 0 spiro atoms. The number of benzene rings is 1. The average Bonchev–Trinajstić information content (AvgIpc) is 3.32. The number of likely N-dealkylation sites (tertiary alicyclic amines) is 1. The van der Waals surface area contributed by atoms with Crippen LogP contribution >= 0.6 is 15.9 Å². The Morgan fingerprint density at radius 2 is 2.00 bits per heavy atom. The molecule has 1 aromatic rings. The fraction of sp³-hybridized carbons (Fsp3) is 0.562. The predicted octanol–water partition coefficient (Wildman–Crippen LogP) is 3.19. The van der Waals surface area contributed by atoms with Crippen LogP contribution in [0.2, 0.25) is 0 Å². The molecule has 2 fully saturated rings. The Labute approximate surface area is 133 Å². The fourth-order valence-corrected chi connectivity index (χ4v) is 3.19. The summed E-state index contributed by atoms with van der Waals surface area (Å²) in [5, 5.41) is 3.60. The summed E-state index contributed by atoms with van der Waals surface area (Å²) in [5.41, 5.74) is 0.416. The predicted molar refractivity (Wildman–Crippen MR) is 83.8 cm³/mol. The zero-order valence-corrected chi connectivity index (χ0v) is 13.5. The van der Waals surface area contributed by atoms with Gasteiger partial charge in [0.2, 0.25) is 0 Å². The molecule has 1 N–H and O–H groups in total. The van der Waals surface area contributed by atoms with E-state index >= 15 is 0 Å². The SMILES string of the molecule is O=C(c1cc(F)ccc1Br)N1CCC(NCC2CC2)CC1. The molecule has 0 aromatic heterocycles. The van der Waals surface area contributed by atoms with E-state index in [9.17, 15) is 9.18 Å². The molecule has 1 amide bonds. The Bertz CT molecular complexity index is 525. The number of nitrogens with zero attached hydrogens (tertiary/aromatic N) is 1. The first kappa shape index (κ1) is 15.0. The quantitative estimate of drug-likeness (QED) is 0.900. The summed E-state index contributed by atoms with van der Waals surface area (Å²) >= 11 is 3.33. The van der Waals surface area contributed by atoms with Gasteiger partial charge in [-0.2, -0.15) is 0 Å². The zero-order valence-electron chi connectivity index (χ0n) is 11.9. The lowest BCUT2D eigenvalue weighted by Gasteiger charge is -2.32. The minimum atomic E-state index is -0.373. The van der Waals surface area contributed by atoms with Gasteiger partial charge in [0.25, 0.3) is 5.91 Å². The third kappa shape index (κ3) is 3.83. The van der Waals surface area contributed by atoms with Crippen LogP contribution in [0.1, 0.15) is 36.0 Å². The molecule has 5 heteroatoms. The van der Waals surface area contributed by atoms with E-state index in [0.29, 0.717) is 16.1 Å². The van der Waals surface area contributed by atoms with Crippen LogP contribution in [0.4, 0.5) is 4.39 Å². The Kier molecular flexibility index (Phi) is 4.60. The number of piperidine rings is 1. The summed E-state index contributed by atoms with van der Waals surface area (Å²) in [6, 6.07) is 4.77. The van der Waals surface area contributed by atoms with E-state index in [1.54, 1.807) is 6.07 Å². The molecule has 1 aliphatic carbocycles. The number of hydrogen-bond donors (Lipinski definition) is 1. The van der Waals surface area contributed by atoms with Crippen molar-refractivity contribution in [1.29, 1.82) is 0 Å². The molecular formula is C16H20BrFN2O. The van der Waals surface area contributed by atoms with Gasteiger partial charge < -0.3 is 10.2 Å². The molecule has 1 aliphatic heterocycles. The highest BCUT2D eigenvalue weighted by atomic mass is 79.9. The van der Waals surface area contributed by atoms with Crippen molar-refractivity contribution in [3.8, 4) is 0 Å². The summed E-state index contributed by atoms with van der Waals surface area (Å²) < 4.78 is 14.0. The van der Waals surface area contributed by atoms with Crippen LogP contribution in [0.15, 0.2) is 22.7 Å². The molecule has 21 heavy (non-hydrogen) atoms. The lowest BCUT2D eigenvalue weighted by Crippen LogP contribution is -2.45. The molecule has 2 aliphatic rings. The molecule has 1 heterocycles. The molecule has 0 unspecified atom stereocenters. The second kappa shape index (κ2) is 6.44. The maximum Gasteiger partial charge on any atom is 0.255 e. The maximum atomic E-state index is 13.3. The summed E-state index contributed by atoms with van der Waals surface area (Å²) in [5.74, 6) is 0.428. The van der Waals surface area contributed by atoms with Crippen molar-refractivity contribution in [1.82, 2.24) is 10.2 Å². The van der Waals surface area contributed by atoms with Gasteiger partial charge in [-0.15, -0.1) is 0 Å². The van der Waals surface area contributed by atoms with Gasteiger partial charge in [0.05, 0.1) is 5.56 Å². The monoisotopic (exact) mass is 354 g/mol. The Hall–Kier alpha value is -0.940. The first-order valence-electron chi connectivity index (χ1n) is 7.61. The largest absolute Gasteiger partial charge is 0.338 e. The van der Waals surface area contributed by atoms with Crippen molar-refractivity contribution in [3.05, 3.63) is 34.1 Å². The first-order chi connectivity index (χ1) is 10.1. The van der Waals surface area contributed by atoms with Crippen LogP contribution in [0.25, 0.3) is 0 Å². The van der Waals surface area contributed by atoms with Gasteiger partial charge in [0.15, 0.2) is 0 Å². The van der Waals surface area contributed by atoms with Crippen LogP contribution in [-0.2, 0) is 0 Å². The molecule has 1 aromatic carbocycles. The molecule has 0 radical (unpaired) electrons. The van der Waals surface area contributed by atoms with Gasteiger partial charge in [-0.1, -0.05) is 0 Å². The highest BCUT2D eigenvalue weighted by molar-refractivity contribution is 9.10. The van der Waals surface area contributed by atoms with Crippen molar-refractivity contribution in [2.75, 3.05) is 19.6 Å². The van der Waals surface area contributed by atoms with Crippen LogP contribution in [0, 0.1) is 11.7 Å². The summed E-state index contributed by atoms with van der Waals surface area (Å²) in [4.78, 5) is 14.3. The first-order valence-corrected chi connectivity index (χ1v) is 8.40. The second-order valence-electron chi connectivity index (χ2n) is 6.04. The van der Waals surface area contributed by atoms with Gasteiger partial charge in [-0.3, -0.25) is 4.79 Å². The number of nitrogens with one attached hydrogen (secondary N) is 1. The lowest BCUT2D eigenvalue weighted by atomic mass is 10.0. The summed E-state index contributed by atoms with van der Waals surface area (Å²) in [7, 11) is 0. The molecule has 0 bridgehead atoms. The van der Waals surface area contributed by atoms with Gasteiger partial charge in [0.1, 0.15) is 5.82 Å². The summed E-state index contributed by atoms with van der Waals surface area (Å²) in [6.45, 7) is 2.60. The Morgan fingerprint density at radius 1 is 1.29 bits per heavy atom. The number of halogens is 2. The average molecular weight is 355 g/mol. The van der Waals surface area contributed by atoms with Crippen LogP contribution in [0.3, 0.4) is 0 Å². The van der Waals surface area contributed by atoms with Gasteiger partial charge >= 0.3 is 0 Å². The number of carbonyl (C=O) groups is 1. The van der Waals surface area contributed by atoms with Gasteiger partial charge in [-0.05, 0) is 72.3 Å². The normalized spacial score (nSPS) is 19.8. The topological polar surface area (TPSA) is 32.3 Å². The van der Waals surface area contributed by atoms with E-state index in [0.717, 1.165) is 38.4 Å². The lowest BCUT2D eigenvalue weighted by molar-refractivity contribution is 0.0703. The molecule has 1 saturated heterocycles. The minimum Gasteiger partial charge on any atom is -0.338 e. The molecular weight excluding hydrogens is 335 g/mol. The number of carbonyl (C=O) groups excluding carboxylic acids is 1. The smallest absolute Gasteiger partial charge is 0.255 e. The van der Waals surface area contributed by atoms with Crippen LogP contribution in [0.5, 0.6) is 0 Å². The number of amides is 1. The van der Waals surface area contributed by atoms with Gasteiger partial charge in [0, 0.05) is 23.6 Å². The maximum absolute atomic E-state index is 13.3. The van der Waals surface area contributed by atoms with Crippen molar-refractivity contribution < 1.29 is 9.18 Å². The number of hydrogen-bond acceptors (Lipinski definition) is 2. The van der Waals surface area contributed by atoms with Crippen molar-refractivity contribution in [3.63, 3.8) is 0 Å². The Balaban J connectivity index is 1.55. The standard InChI is InChI=1S/C16H20BrFN2O/c17-15-4-3-12(18)9-14(15)16(21)20-7-5-13(6-8-20)19-10-11-1-2-11/h3-4,9,11,13,19H,1-2,5-8,10H2. The van der Waals surface area contributed by atoms with Crippen LogP contribution < -0.4 is 5.32 Å². The molecule has 3 nitrogen and oxygen atoms in total. The molecule has 0 atom stereocenters. The van der Waals surface area contributed by atoms with E-state index in [2.05, 4.69) is 21.2 Å².